The number of carbonyl (C=O) groups excluding carboxylic acids is 1. The molecule has 2 aliphatic heterocycles. The van der Waals surface area contributed by atoms with E-state index in [2.05, 4.69) is 42.8 Å². The monoisotopic (exact) mass is 515 g/mol. The molecule has 5 heterocycles. The minimum Gasteiger partial charge on any atom is -0.494 e. The van der Waals surface area contributed by atoms with Gasteiger partial charge in [-0.3, -0.25) is 9.20 Å². The summed E-state index contributed by atoms with van der Waals surface area (Å²) in [6.07, 6.45) is 9.45. The molecule has 3 aliphatic rings. The van der Waals surface area contributed by atoms with Crippen LogP contribution in [0.15, 0.2) is 43.0 Å². The third-order valence-electron chi connectivity index (χ3n) is 7.98. The highest BCUT2D eigenvalue weighted by Crippen LogP contribution is 2.44. The van der Waals surface area contributed by atoms with Crippen LogP contribution in [-0.4, -0.2) is 76.4 Å². The Balaban J connectivity index is 1.21. The highest BCUT2D eigenvalue weighted by Gasteiger charge is 2.51. The van der Waals surface area contributed by atoms with Gasteiger partial charge < -0.3 is 19.9 Å². The van der Waals surface area contributed by atoms with Crippen molar-refractivity contribution in [3.05, 3.63) is 59.9 Å². The molecule has 4 aromatic rings. The Morgan fingerprint density at radius 2 is 1.89 bits per heavy atom. The Labute approximate surface area is 219 Å². The molecule has 0 radical (unpaired) electrons. The van der Waals surface area contributed by atoms with E-state index < -0.39 is 5.82 Å². The summed E-state index contributed by atoms with van der Waals surface area (Å²) in [6.45, 7) is 6.12. The molecular weight excluding hydrogens is 485 g/mol. The number of likely N-dealkylation sites (tertiary alicyclic amines) is 1. The van der Waals surface area contributed by atoms with Gasteiger partial charge in [-0.2, -0.15) is 5.10 Å². The van der Waals surface area contributed by atoms with Gasteiger partial charge in [-0.05, 0) is 44.5 Å². The van der Waals surface area contributed by atoms with Gasteiger partial charge in [0, 0.05) is 61.7 Å². The summed E-state index contributed by atoms with van der Waals surface area (Å²) >= 11 is 0. The molecule has 3 aromatic heterocycles. The molecule has 10 heteroatoms. The van der Waals surface area contributed by atoms with Crippen molar-refractivity contribution in [3.8, 4) is 22.7 Å². The standard InChI is InChI=1S/C28H30FN7O2/c1-17-6-21(29)20(27(37)32-19-4-5-19)7-22(17)36-11-18(9-31-36)23-10-30-26-8-25(38-3)24(12-35(23)26)34-15-28(16-34)13-33(2)14-28/h6-12,19H,4-5,13-16H2,1-3H3,(H,32,37). The lowest BCUT2D eigenvalue weighted by atomic mass is 9.73. The Bertz CT molecular complexity index is 1570. The van der Waals surface area contributed by atoms with Crippen LogP contribution in [-0.2, 0) is 0 Å². The number of ether oxygens (including phenoxy) is 1. The summed E-state index contributed by atoms with van der Waals surface area (Å²) < 4.78 is 24.1. The molecule has 38 heavy (non-hydrogen) atoms. The van der Waals surface area contributed by atoms with Crippen molar-refractivity contribution in [1.82, 2.24) is 29.4 Å². The fraction of sp³-hybridized carbons (Fsp3) is 0.393. The number of nitrogens with one attached hydrogen (secondary N) is 1. The number of benzene rings is 1. The molecule has 3 fully saturated rings. The first kappa shape index (κ1) is 23.2. The Morgan fingerprint density at radius 1 is 1.11 bits per heavy atom. The maximum atomic E-state index is 14.6. The van der Waals surface area contributed by atoms with E-state index in [0.717, 1.165) is 67.4 Å². The van der Waals surface area contributed by atoms with Crippen molar-refractivity contribution < 1.29 is 13.9 Å². The lowest BCUT2D eigenvalue weighted by Crippen LogP contribution is -2.71. The Kier molecular flexibility index (Phi) is 5.07. The highest BCUT2D eigenvalue weighted by atomic mass is 19.1. The van der Waals surface area contributed by atoms with Gasteiger partial charge in [0.2, 0.25) is 0 Å². The second-order valence-electron chi connectivity index (χ2n) is 11.2. The molecule has 1 spiro atoms. The van der Waals surface area contributed by atoms with Crippen molar-refractivity contribution >= 4 is 17.2 Å². The molecule has 9 nitrogen and oxygen atoms in total. The fourth-order valence-electron chi connectivity index (χ4n) is 6.00. The Hall–Kier alpha value is -3.92. The van der Waals surface area contributed by atoms with Gasteiger partial charge >= 0.3 is 0 Å². The number of pyridine rings is 1. The van der Waals surface area contributed by atoms with Crippen LogP contribution in [0, 0.1) is 18.2 Å². The predicted molar refractivity (Wildman–Crippen MR) is 142 cm³/mol. The number of aryl methyl sites for hydroxylation is 1. The quantitative estimate of drug-likeness (QED) is 0.425. The van der Waals surface area contributed by atoms with E-state index >= 15 is 0 Å². The number of hydrogen-bond donors (Lipinski definition) is 1. The van der Waals surface area contributed by atoms with Crippen LogP contribution in [0.4, 0.5) is 10.1 Å². The van der Waals surface area contributed by atoms with Gasteiger partial charge in [0.15, 0.2) is 0 Å². The minimum absolute atomic E-state index is 0.0334. The first-order valence-corrected chi connectivity index (χ1v) is 13.0. The van der Waals surface area contributed by atoms with Crippen molar-refractivity contribution in [2.45, 2.75) is 25.8 Å². The van der Waals surface area contributed by atoms with Crippen LogP contribution < -0.4 is 15.0 Å². The summed E-state index contributed by atoms with van der Waals surface area (Å²) in [5.74, 6) is -0.101. The van der Waals surface area contributed by atoms with Gasteiger partial charge in [-0.1, -0.05) is 0 Å². The van der Waals surface area contributed by atoms with Crippen LogP contribution in [0.25, 0.3) is 22.6 Å². The smallest absolute Gasteiger partial charge is 0.254 e. The number of nitrogens with zero attached hydrogens (tertiary/aromatic N) is 6. The lowest BCUT2D eigenvalue weighted by Gasteiger charge is -2.60. The van der Waals surface area contributed by atoms with E-state index in [1.54, 1.807) is 24.1 Å². The number of anilines is 1. The van der Waals surface area contributed by atoms with E-state index in [1.165, 1.54) is 6.07 Å². The van der Waals surface area contributed by atoms with E-state index in [9.17, 15) is 9.18 Å². The highest BCUT2D eigenvalue weighted by molar-refractivity contribution is 5.95. The number of hydrogen-bond acceptors (Lipinski definition) is 6. The molecule has 7 rings (SSSR count). The first-order valence-electron chi connectivity index (χ1n) is 13.0. The molecule has 0 bridgehead atoms. The molecule has 1 aromatic carbocycles. The number of halogens is 1. The second-order valence-corrected chi connectivity index (χ2v) is 11.2. The summed E-state index contributed by atoms with van der Waals surface area (Å²) in [4.78, 5) is 21.9. The maximum absolute atomic E-state index is 14.6. The van der Waals surface area contributed by atoms with E-state index in [1.807, 2.05) is 25.4 Å². The van der Waals surface area contributed by atoms with E-state index in [0.29, 0.717) is 16.7 Å². The third-order valence-corrected chi connectivity index (χ3v) is 7.98. The lowest BCUT2D eigenvalue weighted by molar-refractivity contribution is -0.00262. The van der Waals surface area contributed by atoms with Gasteiger partial charge in [-0.25, -0.2) is 14.1 Å². The van der Waals surface area contributed by atoms with Gasteiger partial charge in [0.1, 0.15) is 17.2 Å². The number of aromatic nitrogens is 4. The predicted octanol–water partition coefficient (Wildman–Crippen LogP) is 3.29. The van der Waals surface area contributed by atoms with Crippen LogP contribution in [0.2, 0.25) is 0 Å². The summed E-state index contributed by atoms with van der Waals surface area (Å²) in [5.41, 5.74) is 5.37. The minimum atomic E-state index is -0.527. The Morgan fingerprint density at radius 3 is 2.61 bits per heavy atom. The van der Waals surface area contributed by atoms with Gasteiger partial charge in [0.05, 0.1) is 42.1 Å². The average Bonchev–Trinajstić information content (AvgIpc) is 3.36. The van der Waals surface area contributed by atoms with E-state index in [4.69, 9.17) is 4.74 Å². The number of imidazole rings is 1. The third kappa shape index (κ3) is 3.74. The number of fused-ring (bicyclic) bond motifs is 1. The number of methoxy groups -OCH3 is 1. The molecular formula is C28H30FN7O2. The summed E-state index contributed by atoms with van der Waals surface area (Å²) in [5, 5.41) is 7.43. The van der Waals surface area contributed by atoms with Gasteiger partial charge in [-0.15, -0.1) is 0 Å². The number of amides is 1. The van der Waals surface area contributed by atoms with Crippen molar-refractivity contribution in [1.29, 1.82) is 0 Å². The zero-order valence-corrected chi connectivity index (χ0v) is 21.7. The van der Waals surface area contributed by atoms with Crippen LogP contribution >= 0.6 is 0 Å². The molecule has 196 valence electrons. The van der Waals surface area contributed by atoms with Crippen molar-refractivity contribution in [2.75, 3.05) is 45.2 Å². The largest absolute Gasteiger partial charge is 0.494 e. The van der Waals surface area contributed by atoms with Crippen LogP contribution in [0.1, 0.15) is 28.8 Å². The molecule has 2 saturated heterocycles. The molecule has 1 aliphatic carbocycles. The van der Waals surface area contributed by atoms with E-state index in [-0.39, 0.29) is 17.5 Å². The number of carbonyl (C=O) groups is 1. The fourth-order valence-corrected chi connectivity index (χ4v) is 6.00. The molecule has 0 atom stereocenters. The first-order chi connectivity index (χ1) is 18.3. The summed E-state index contributed by atoms with van der Waals surface area (Å²) in [7, 11) is 3.86. The van der Waals surface area contributed by atoms with Gasteiger partial charge in [0.25, 0.3) is 5.91 Å². The van der Waals surface area contributed by atoms with Crippen LogP contribution in [0.3, 0.4) is 0 Å². The normalized spacial score (nSPS) is 18.5. The summed E-state index contributed by atoms with van der Waals surface area (Å²) in [6, 6.07) is 5.09. The maximum Gasteiger partial charge on any atom is 0.254 e. The van der Waals surface area contributed by atoms with Crippen molar-refractivity contribution in [3.63, 3.8) is 0 Å². The number of rotatable bonds is 6. The molecule has 0 unspecified atom stereocenters. The van der Waals surface area contributed by atoms with Crippen LogP contribution in [0.5, 0.6) is 5.75 Å². The molecule has 1 saturated carbocycles. The zero-order chi connectivity index (χ0) is 26.2. The molecule has 1 N–H and O–H groups in total. The molecule has 1 amide bonds. The average molecular weight is 516 g/mol. The SMILES string of the molecule is COc1cc2ncc(-c3cnn(-c4cc(C(=O)NC5CC5)c(F)cc4C)c3)n2cc1N1CC2(CN(C)C2)C1. The second kappa shape index (κ2) is 8.29. The van der Waals surface area contributed by atoms with Crippen molar-refractivity contribution in [2.24, 2.45) is 5.41 Å². The zero-order valence-electron chi connectivity index (χ0n) is 21.7. The topological polar surface area (TPSA) is 79.9 Å².